The Morgan fingerprint density at radius 3 is 1.49 bits per heavy atom. The quantitative estimate of drug-likeness (QED) is 0.117. The van der Waals surface area contributed by atoms with Gasteiger partial charge >= 0.3 is 3.18 Å². The van der Waals surface area contributed by atoms with E-state index >= 15 is 0 Å². The molecule has 0 aliphatic carbocycles. The summed E-state index contributed by atoms with van der Waals surface area (Å²) in [6.45, 7) is 0. The predicted molar refractivity (Wildman–Crippen MR) is 243 cm³/mol. The summed E-state index contributed by atoms with van der Waals surface area (Å²) >= 11 is 20.2. The molecule has 0 saturated carbocycles. The van der Waals surface area contributed by atoms with Crippen molar-refractivity contribution in [2.45, 2.75) is 14.9 Å². The number of nitrogens with zero attached hydrogens (tertiary/aromatic N) is 4. The monoisotopic (exact) mass is 1150 g/mol. The van der Waals surface area contributed by atoms with Crippen LogP contribution < -0.4 is 25.7 Å². The number of carbonyl (C=O) groups is 4. The molecule has 2 aliphatic rings. The molecule has 0 spiro atoms. The van der Waals surface area contributed by atoms with Crippen LogP contribution in [0.2, 0.25) is 0 Å². The Morgan fingerprint density at radius 1 is 0.727 bits per heavy atom. The third-order valence-corrected chi connectivity index (χ3v) is 11.0. The number of rotatable bonds is 7. The Kier molecular flexibility index (Phi) is 19.3. The second kappa shape index (κ2) is 21.8. The molecule has 0 bridgehead atoms. The molecular formula is C31H30BBr5N6O8S4. The highest BCUT2D eigenvalue weighted by Gasteiger charge is 2.33. The number of nitrogens with two attached hydrogens (primary N) is 2. The zero-order valence-electron chi connectivity index (χ0n) is 27.0. The van der Waals surface area contributed by atoms with E-state index in [0.29, 0.717) is 56.9 Å². The SMILES string of the molecule is BrB(Br)Br.C.C.CN1C(=O)S/C(=C\c2cc(O)c(Oc3cnc(N)s3)cc2Br)C1=O.COc1cc(/C=C2\SC(=O)N(C)C2=O)c(Br)cc1Oc1cnc(N)s1. The minimum absolute atomic E-state index is 0. The number of halogens is 5. The molecule has 55 heavy (non-hydrogen) atoms. The van der Waals surface area contributed by atoms with Crippen molar-refractivity contribution in [2.75, 3.05) is 32.7 Å². The van der Waals surface area contributed by atoms with Crippen LogP contribution in [-0.4, -0.2) is 71.6 Å². The van der Waals surface area contributed by atoms with Crippen LogP contribution in [-0.2, 0) is 9.59 Å². The second-order valence-electron chi connectivity index (χ2n) is 9.83. The van der Waals surface area contributed by atoms with E-state index in [0.717, 1.165) is 44.7 Å². The standard InChI is InChI=1S/C15H12BrN3O4S2.C14H10BrN3O4S2.2CH4.BBr3/c1-19-13(20)11(24-15(19)21)4-7-3-9(22-2)10(5-8(7)16)23-12-6-18-14(17)25-12;1-18-12(20)10(23-14(18)21)3-6-2-8(19)9(4-7(6)15)22-11-5-17-13(16)24-11;;;2-1(3)4/h3-6H,1-2H3,(H2,17,18);2-5,19H,1H3,(H2,16,17);2*1H4;/b11-4-;10-3-;;;. The summed E-state index contributed by atoms with van der Waals surface area (Å²) in [6.07, 6.45) is 6.15. The van der Waals surface area contributed by atoms with E-state index in [4.69, 9.17) is 25.7 Å². The van der Waals surface area contributed by atoms with Gasteiger partial charge in [-0.1, -0.05) is 69.4 Å². The van der Waals surface area contributed by atoms with E-state index in [1.54, 1.807) is 24.3 Å². The Morgan fingerprint density at radius 2 is 1.13 bits per heavy atom. The zero-order valence-corrected chi connectivity index (χ0v) is 38.2. The number of anilines is 2. The number of methoxy groups -OCH3 is 1. The van der Waals surface area contributed by atoms with Crippen molar-refractivity contribution in [3.05, 3.63) is 66.5 Å². The molecule has 4 aromatic rings. The van der Waals surface area contributed by atoms with Gasteiger partial charge < -0.3 is 30.8 Å². The van der Waals surface area contributed by atoms with Crippen LogP contribution in [0.25, 0.3) is 12.2 Å². The topological polar surface area (TPSA) is 201 Å². The molecule has 2 aromatic heterocycles. The predicted octanol–water partition coefficient (Wildman–Crippen LogP) is 11.0. The van der Waals surface area contributed by atoms with Crippen LogP contribution in [0.4, 0.5) is 19.9 Å². The normalized spacial score (nSPS) is 14.8. The highest BCUT2D eigenvalue weighted by molar-refractivity contribution is 9.69. The smallest absolute Gasteiger partial charge is 0.369 e. The van der Waals surface area contributed by atoms with Crippen molar-refractivity contribution in [3.8, 4) is 33.1 Å². The highest BCUT2D eigenvalue weighted by atomic mass is 79.9. The molecule has 5 N–H and O–H groups in total. The van der Waals surface area contributed by atoms with E-state index in [2.05, 4.69) is 89.1 Å². The number of phenols is 1. The summed E-state index contributed by atoms with van der Waals surface area (Å²) in [7, 11) is 4.38. The number of carbonyl (C=O) groups excluding carboxylic acids is 4. The average Bonchev–Trinajstić information content (AvgIpc) is 3.82. The van der Waals surface area contributed by atoms with Gasteiger partial charge in [0.2, 0.25) is 10.1 Å². The third kappa shape index (κ3) is 13.2. The number of imide groups is 2. The maximum absolute atomic E-state index is 12.0. The number of amides is 4. The molecule has 2 aromatic carbocycles. The Hall–Kier alpha value is -2.58. The van der Waals surface area contributed by atoms with Crippen molar-refractivity contribution < 1.29 is 38.5 Å². The van der Waals surface area contributed by atoms with Crippen molar-refractivity contribution in [1.29, 1.82) is 0 Å². The molecule has 6 rings (SSSR count). The number of thioether (sulfide) groups is 2. The molecule has 0 radical (unpaired) electrons. The van der Waals surface area contributed by atoms with E-state index < -0.39 is 0 Å². The van der Waals surface area contributed by atoms with Gasteiger partial charge in [0, 0.05) is 23.0 Å². The summed E-state index contributed by atoms with van der Waals surface area (Å²) in [5.74, 6) is 0.326. The first kappa shape index (κ1) is 48.6. The number of benzene rings is 2. The summed E-state index contributed by atoms with van der Waals surface area (Å²) in [5, 5.41) is 11.2. The van der Waals surface area contributed by atoms with E-state index in [-0.39, 0.29) is 56.7 Å². The molecule has 2 aliphatic heterocycles. The number of hydrogen-bond donors (Lipinski definition) is 3. The van der Waals surface area contributed by atoms with Crippen LogP contribution in [0.3, 0.4) is 0 Å². The lowest BCUT2D eigenvalue weighted by Gasteiger charge is -2.11. The van der Waals surface area contributed by atoms with Crippen molar-refractivity contribution in [2.24, 2.45) is 0 Å². The summed E-state index contributed by atoms with van der Waals surface area (Å²) in [5.41, 5.74) is 12.4. The number of hydrogen-bond acceptors (Lipinski definition) is 16. The van der Waals surface area contributed by atoms with Crippen LogP contribution in [0.5, 0.6) is 33.1 Å². The number of phenolic OH excluding ortho intramolecular Hbond substituents is 1. The Balaban J connectivity index is 0.000000336. The lowest BCUT2D eigenvalue weighted by molar-refractivity contribution is -0.122. The molecule has 4 amide bonds. The van der Waals surface area contributed by atoms with Gasteiger partial charge in [-0.15, -0.1) is 47.3 Å². The van der Waals surface area contributed by atoms with Crippen molar-refractivity contribution in [1.82, 2.24) is 19.8 Å². The molecular weight excluding hydrogens is 1120 g/mol. The second-order valence-corrected chi connectivity index (χ2v) is 22.0. The molecule has 2 saturated heterocycles. The number of aromatic hydroxyl groups is 1. The molecule has 294 valence electrons. The first-order valence-electron chi connectivity index (χ1n) is 14.0. The Labute approximate surface area is 375 Å². The van der Waals surface area contributed by atoms with E-state index in [9.17, 15) is 24.3 Å². The van der Waals surface area contributed by atoms with Gasteiger partial charge in [0.15, 0.2) is 33.3 Å². The minimum atomic E-state index is -0.378. The zero-order chi connectivity index (χ0) is 39.1. The molecule has 4 heterocycles. The van der Waals surface area contributed by atoms with Gasteiger partial charge in [0.1, 0.15) is 0 Å². The van der Waals surface area contributed by atoms with Crippen LogP contribution >= 0.6 is 125 Å². The molecule has 2 fully saturated rings. The molecule has 24 heteroatoms. The van der Waals surface area contributed by atoms with Gasteiger partial charge in [-0.25, -0.2) is 9.97 Å². The number of ether oxygens (including phenoxy) is 3. The third-order valence-electron chi connectivity index (χ3n) is 6.33. The summed E-state index contributed by atoms with van der Waals surface area (Å²) in [6, 6.07) is 6.44. The largest absolute Gasteiger partial charge is 0.504 e. The summed E-state index contributed by atoms with van der Waals surface area (Å²) in [4.78, 5) is 57.6. The number of likely N-dealkylation sites (N-methyl/N-ethyl adjacent to an activating group) is 2. The maximum atomic E-state index is 12.0. The lowest BCUT2D eigenvalue weighted by atomic mass is 10.2. The van der Waals surface area contributed by atoms with Gasteiger partial charge in [-0.3, -0.25) is 29.0 Å². The van der Waals surface area contributed by atoms with Crippen molar-refractivity contribution >= 4 is 173 Å². The van der Waals surface area contributed by atoms with E-state index in [1.165, 1.54) is 57.1 Å². The summed E-state index contributed by atoms with van der Waals surface area (Å²) < 4.78 is 18.2. The van der Waals surface area contributed by atoms with Gasteiger partial charge in [0.25, 0.3) is 22.3 Å². The van der Waals surface area contributed by atoms with Crippen LogP contribution in [0, 0.1) is 0 Å². The molecule has 0 unspecified atom stereocenters. The molecule has 14 nitrogen and oxygen atoms in total. The fourth-order valence-corrected chi connectivity index (χ4v) is 7.49. The first-order chi connectivity index (χ1) is 25.0. The number of thiazole rings is 2. The van der Waals surface area contributed by atoms with Crippen LogP contribution in [0.15, 0.2) is 55.4 Å². The fraction of sp³-hybridized carbons (Fsp3) is 0.161. The average molecular weight is 1150 g/mol. The van der Waals surface area contributed by atoms with Gasteiger partial charge in [-0.05, 0) is 71.1 Å². The number of aromatic nitrogens is 2. The fourth-order valence-electron chi connectivity index (χ4n) is 3.88. The van der Waals surface area contributed by atoms with Crippen molar-refractivity contribution in [3.63, 3.8) is 0 Å². The number of nitrogen functional groups attached to an aromatic ring is 2. The van der Waals surface area contributed by atoms with Gasteiger partial charge in [0.05, 0.1) is 29.3 Å². The molecule has 0 atom stereocenters. The minimum Gasteiger partial charge on any atom is -0.504 e. The lowest BCUT2D eigenvalue weighted by Crippen LogP contribution is -2.22. The van der Waals surface area contributed by atoms with E-state index in [1.807, 2.05) is 0 Å². The van der Waals surface area contributed by atoms with Gasteiger partial charge in [-0.2, -0.15) is 0 Å². The maximum Gasteiger partial charge on any atom is 0.369 e. The van der Waals surface area contributed by atoms with Crippen LogP contribution in [0.1, 0.15) is 26.0 Å². The Bertz CT molecular complexity index is 2130. The highest BCUT2D eigenvalue weighted by Crippen LogP contribution is 2.42. The first-order valence-corrected chi connectivity index (χ1v) is 21.6.